The SMILES string of the molecule is CN1C2CCC1CC(NC(=O)c1cccc3c1SC(C)(C)C3)C2. The molecule has 0 aliphatic carbocycles. The first-order valence-electron chi connectivity index (χ1n) is 8.77. The molecule has 1 aromatic rings. The highest BCUT2D eigenvalue weighted by Gasteiger charge is 2.39. The molecule has 2 unspecified atom stereocenters. The summed E-state index contributed by atoms with van der Waals surface area (Å²) < 4.78 is 0.200. The number of carbonyl (C=O) groups is 1. The molecular weight excluding hydrogens is 304 g/mol. The molecule has 2 atom stereocenters. The molecule has 1 amide bonds. The van der Waals surface area contributed by atoms with E-state index in [9.17, 15) is 4.79 Å². The third kappa shape index (κ3) is 2.80. The lowest BCUT2D eigenvalue weighted by atomic mass is 9.97. The second kappa shape index (κ2) is 5.52. The van der Waals surface area contributed by atoms with Gasteiger partial charge in [0.05, 0.1) is 5.56 Å². The zero-order valence-electron chi connectivity index (χ0n) is 14.3. The number of hydrogen-bond donors (Lipinski definition) is 1. The van der Waals surface area contributed by atoms with Crippen LogP contribution < -0.4 is 5.32 Å². The van der Waals surface area contributed by atoms with E-state index in [-0.39, 0.29) is 10.7 Å². The van der Waals surface area contributed by atoms with E-state index in [4.69, 9.17) is 0 Å². The summed E-state index contributed by atoms with van der Waals surface area (Å²) in [4.78, 5) is 16.6. The van der Waals surface area contributed by atoms with Gasteiger partial charge in [0.1, 0.15) is 0 Å². The summed E-state index contributed by atoms with van der Waals surface area (Å²) in [5, 5.41) is 3.33. The summed E-state index contributed by atoms with van der Waals surface area (Å²) in [7, 11) is 2.24. The molecule has 2 bridgehead atoms. The molecule has 0 spiro atoms. The van der Waals surface area contributed by atoms with Gasteiger partial charge in [0.15, 0.2) is 0 Å². The maximum atomic E-state index is 12.9. The highest BCUT2D eigenvalue weighted by molar-refractivity contribution is 8.01. The molecule has 0 saturated carbocycles. The Bertz CT molecular complexity index is 628. The van der Waals surface area contributed by atoms with Crippen LogP contribution in [0.4, 0.5) is 0 Å². The van der Waals surface area contributed by atoms with E-state index < -0.39 is 0 Å². The lowest BCUT2D eigenvalue weighted by molar-refractivity contribution is 0.0879. The molecule has 2 saturated heterocycles. The molecule has 1 aromatic carbocycles. The van der Waals surface area contributed by atoms with Crippen molar-refractivity contribution < 1.29 is 4.79 Å². The quantitative estimate of drug-likeness (QED) is 0.901. The number of nitrogens with one attached hydrogen (secondary N) is 1. The highest BCUT2D eigenvalue weighted by Crippen LogP contribution is 2.46. The van der Waals surface area contributed by atoms with E-state index in [0.717, 1.165) is 24.8 Å². The van der Waals surface area contributed by atoms with Crippen molar-refractivity contribution in [2.75, 3.05) is 7.05 Å². The number of thioether (sulfide) groups is 1. The van der Waals surface area contributed by atoms with Crippen LogP contribution in [0.25, 0.3) is 0 Å². The Kier molecular flexibility index (Phi) is 3.73. The molecule has 0 radical (unpaired) electrons. The fourth-order valence-electron chi connectivity index (χ4n) is 4.59. The van der Waals surface area contributed by atoms with E-state index in [1.165, 1.54) is 23.3 Å². The molecule has 1 N–H and O–H groups in total. The zero-order chi connectivity index (χ0) is 16.2. The molecule has 23 heavy (non-hydrogen) atoms. The summed E-state index contributed by atoms with van der Waals surface area (Å²) in [6.45, 7) is 4.52. The van der Waals surface area contributed by atoms with Crippen molar-refractivity contribution in [3.63, 3.8) is 0 Å². The van der Waals surface area contributed by atoms with Crippen molar-refractivity contribution in [2.24, 2.45) is 0 Å². The molecule has 3 aliphatic rings. The first-order chi connectivity index (χ1) is 10.9. The van der Waals surface area contributed by atoms with Gasteiger partial charge in [-0.25, -0.2) is 0 Å². The van der Waals surface area contributed by atoms with E-state index >= 15 is 0 Å². The standard InChI is InChI=1S/C19H26N2OS/c1-19(2)11-12-5-4-6-16(17(12)23-19)18(22)20-13-9-14-7-8-15(10-13)21(14)3/h4-6,13-15H,7-11H2,1-3H3,(H,20,22). The van der Waals surface area contributed by atoms with Gasteiger partial charge < -0.3 is 10.2 Å². The molecule has 3 nitrogen and oxygen atoms in total. The third-order valence-electron chi connectivity index (χ3n) is 5.77. The fraction of sp³-hybridized carbons (Fsp3) is 0.632. The molecular formula is C19H26N2OS. The maximum absolute atomic E-state index is 12.9. The molecule has 3 aliphatic heterocycles. The van der Waals surface area contributed by atoms with Crippen molar-refractivity contribution in [1.82, 2.24) is 10.2 Å². The summed E-state index contributed by atoms with van der Waals surface area (Å²) in [6, 6.07) is 7.86. The smallest absolute Gasteiger partial charge is 0.252 e. The van der Waals surface area contributed by atoms with Crippen LogP contribution in [0.5, 0.6) is 0 Å². The molecule has 3 heterocycles. The van der Waals surface area contributed by atoms with E-state index in [1.807, 2.05) is 23.9 Å². The average molecular weight is 330 g/mol. The van der Waals surface area contributed by atoms with Gasteiger partial charge in [0, 0.05) is 27.8 Å². The summed E-state index contributed by atoms with van der Waals surface area (Å²) in [6.07, 6.45) is 5.84. The monoisotopic (exact) mass is 330 g/mol. The van der Waals surface area contributed by atoms with Crippen molar-refractivity contribution in [2.45, 2.75) is 73.7 Å². The lowest BCUT2D eigenvalue weighted by Crippen LogP contribution is -2.48. The van der Waals surface area contributed by atoms with Crippen LogP contribution in [-0.4, -0.2) is 40.7 Å². The van der Waals surface area contributed by atoms with E-state index in [2.05, 4.69) is 37.2 Å². The molecule has 124 valence electrons. The van der Waals surface area contributed by atoms with Crippen molar-refractivity contribution in [3.05, 3.63) is 29.3 Å². The number of hydrogen-bond acceptors (Lipinski definition) is 3. The van der Waals surface area contributed by atoms with Gasteiger partial charge in [0.2, 0.25) is 0 Å². The minimum absolute atomic E-state index is 0.126. The third-order valence-corrected chi connectivity index (χ3v) is 7.15. The molecule has 0 aromatic heterocycles. The fourth-order valence-corrected chi connectivity index (χ4v) is 5.91. The Morgan fingerprint density at radius 1 is 1.26 bits per heavy atom. The van der Waals surface area contributed by atoms with Gasteiger partial charge in [0.25, 0.3) is 5.91 Å². The van der Waals surface area contributed by atoms with E-state index in [1.54, 1.807) is 0 Å². The maximum Gasteiger partial charge on any atom is 0.252 e. The first kappa shape index (κ1) is 15.5. The van der Waals surface area contributed by atoms with Crippen molar-refractivity contribution in [1.29, 1.82) is 0 Å². The van der Waals surface area contributed by atoms with Crippen LogP contribution in [0.3, 0.4) is 0 Å². The number of rotatable bonds is 2. The normalized spacial score (nSPS) is 31.9. The van der Waals surface area contributed by atoms with Gasteiger partial charge >= 0.3 is 0 Å². The molecule has 4 rings (SSSR count). The topological polar surface area (TPSA) is 32.3 Å². The summed E-state index contributed by atoms with van der Waals surface area (Å²) in [5.41, 5.74) is 2.21. The van der Waals surface area contributed by atoms with Gasteiger partial charge in [-0.15, -0.1) is 11.8 Å². The highest BCUT2D eigenvalue weighted by atomic mass is 32.2. The van der Waals surface area contributed by atoms with Crippen LogP contribution in [0.2, 0.25) is 0 Å². The van der Waals surface area contributed by atoms with Crippen LogP contribution in [-0.2, 0) is 6.42 Å². The lowest BCUT2D eigenvalue weighted by Gasteiger charge is -2.36. The predicted molar refractivity (Wildman–Crippen MR) is 95.1 cm³/mol. The minimum atomic E-state index is 0.126. The van der Waals surface area contributed by atoms with E-state index in [0.29, 0.717) is 18.1 Å². The Morgan fingerprint density at radius 2 is 1.96 bits per heavy atom. The average Bonchev–Trinajstić information content (AvgIpc) is 2.88. The number of amides is 1. The van der Waals surface area contributed by atoms with Crippen LogP contribution in [0, 0.1) is 0 Å². The van der Waals surface area contributed by atoms with Crippen LogP contribution in [0.15, 0.2) is 23.1 Å². The van der Waals surface area contributed by atoms with Crippen molar-refractivity contribution in [3.8, 4) is 0 Å². The Morgan fingerprint density at radius 3 is 2.65 bits per heavy atom. The van der Waals surface area contributed by atoms with Crippen LogP contribution in [0.1, 0.15) is 55.5 Å². The minimum Gasteiger partial charge on any atom is -0.349 e. The first-order valence-corrected chi connectivity index (χ1v) is 9.58. The molecule has 4 heteroatoms. The van der Waals surface area contributed by atoms with Gasteiger partial charge in [-0.3, -0.25) is 4.79 Å². The largest absolute Gasteiger partial charge is 0.349 e. The van der Waals surface area contributed by atoms with Gasteiger partial charge in [-0.2, -0.15) is 0 Å². The number of fused-ring (bicyclic) bond motifs is 3. The summed E-state index contributed by atoms with van der Waals surface area (Å²) >= 11 is 1.86. The number of nitrogens with zero attached hydrogens (tertiary/aromatic N) is 1. The Labute approximate surface area is 143 Å². The number of carbonyl (C=O) groups excluding carboxylic acids is 1. The predicted octanol–water partition coefficient (Wildman–Crippen LogP) is 3.47. The second-order valence-electron chi connectivity index (χ2n) is 8.02. The van der Waals surface area contributed by atoms with Gasteiger partial charge in [-0.05, 0) is 50.8 Å². The van der Waals surface area contributed by atoms with Crippen molar-refractivity contribution >= 4 is 17.7 Å². The van der Waals surface area contributed by atoms with Crippen LogP contribution >= 0.6 is 11.8 Å². The van der Waals surface area contributed by atoms with Gasteiger partial charge in [-0.1, -0.05) is 26.0 Å². The summed E-state index contributed by atoms with van der Waals surface area (Å²) in [5.74, 6) is 0.126. The Hall–Kier alpha value is -1.00. The molecule has 2 fully saturated rings. The second-order valence-corrected chi connectivity index (χ2v) is 9.74. The Balaban J connectivity index is 1.50. The number of benzene rings is 1. The number of piperidine rings is 1. The zero-order valence-corrected chi connectivity index (χ0v) is 15.1.